The van der Waals surface area contributed by atoms with Crippen LogP contribution in [0.3, 0.4) is 0 Å². The monoisotopic (exact) mass is 256 g/mol. The van der Waals surface area contributed by atoms with Gasteiger partial charge in [0.2, 0.25) is 0 Å². The molecular formula is C18H12N2. The maximum absolute atomic E-state index is 4.81. The molecule has 0 radical (unpaired) electrons. The van der Waals surface area contributed by atoms with Gasteiger partial charge in [-0.15, -0.1) is 0 Å². The lowest BCUT2D eigenvalue weighted by Gasteiger charge is -2.05. The maximum Gasteiger partial charge on any atom is 0.0972 e. The van der Waals surface area contributed by atoms with Crippen LogP contribution in [0.15, 0.2) is 72.9 Å². The first-order valence-electron chi connectivity index (χ1n) is 6.62. The summed E-state index contributed by atoms with van der Waals surface area (Å²) in [6, 6.07) is 22.6. The summed E-state index contributed by atoms with van der Waals surface area (Å²) in [6.45, 7) is 0. The largest absolute Gasteiger partial charge is 0.254 e. The molecule has 2 nitrogen and oxygen atoms in total. The molecule has 0 saturated carbocycles. The minimum Gasteiger partial charge on any atom is -0.254 e. The third-order valence-corrected chi connectivity index (χ3v) is 3.50. The molecule has 2 aromatic carbocycles. The number of fused-ring (bicyclic) bond motifs is 3. The summed E-state index contributed by atoms with van der Waals surface area (Å²) in [4.78, 5) is 9.29. The summed E-state index contributed by atoms with van der Waals surface area (Å²) in [5.41, 5.74) is 4.03. The van der Waals surface area contributed by atoms with E-state index >= 15 is 0 Å². The molecule has 0 N–H and O–H groups in total. The van der Waals surface area contributed by atoms with E-state index < -0.39 is 0 Å². The molecule has 0 spiro atoms. The fraction of sp³-hybridized carbons (Fsp3) is 0. The fourth-order valence-corrected chi connectivity index (χ4v) is 2.49. The van der Waals surface area contributed by atoms with Crippen LogP contribution in [0.4, 0.5) is 0 Å². The smallest absolute Gasteiger partial charge is 0.0972 e. The first kappa shape index (κ1) is 11.1. The molecule has 0 amide bonds. The highest BCUT2D eigenvalue weighted by atomic mass is 14.7. The van der Waals surface area contributed by atoms with Crippen molar-refractivity contribution in [2.45, 2.75) is 0 Å². The first-order valence-corrected chi connectivity index (χ1v) is 6.62. The summed E-state index contributed by atoms with van der Waals surface area (Å²) < 4.78 is 0. The number of hydrogen-bond acceptors (Lipinski definition) is 2. The van der Waals surface area contributed by atoms with E-state index in [0.29, 0.717) is 0 Å². The third kappa shape index (κ3) is 1.74. The van der Waals surface area contributed by atoms with Crippen LogP contribution in [0, 0.1) is 0 Å². The van der Waals surface area contributed by atoms with E-state index in [-0.39, 0.29) is 0 Å². The van der Waals surface area contributed by atoms with Crippen LogP contribution in [0.2, 0.25) is 0 Å². The molecule has 20 heavy (non-hydrogen) atoms. The van der Waals surface area contributed by atoms with Crippen LogP contribution in [-0.2, 0) is 0 Å². The summed E-state index contributed by atoms with van der Waals surface area (Å²) in [5, 5.41) is 2.24. The lowest BCUT2D eigenvalue weighted by molar-refractivity contribution is 1.37. The standard InChI is InChI=1S/C18H12N2/c1-2-5-13(6-3-1)16-11-10-15-9-8-14-7-4-12-19-17(14)18(15)20-16/h1-12H. The number of nitrogens with zero attached hydrogens (tertiary/aromatic N) is 2. The lowest BCUT2D eigenvalue weighted by Crippen LogP contribution is -1.88. The van der Waals surface area contributed by atoms with Crippen molar-refractivity contribution in [3.8, 4) is 11.3 Å². The fourth-order valence-electron chi connectivity index (χ4n) is 2.49. The quantitative estimate of drug-likeness (QED) is 0.470. The Bertz CT molecular complexity index is 899. The predicted molar refractivity (Wildman–Crippen MR) is 82.5 cm³/mol. The van der Waals surface area contributed by atoms with Crippen LogP contribution in [0.25, 0.3) is 33.1 Å². The van der Waals surface area contributed by atoms with Gasteiger partial charge in [0.1, 0.15) is 0 Å². The minimum atomic E-state index is 0.961. The van der Waals surface area contributed by atoms with E-state index in [4.69, 9.17) is 4.98 Å². The van der Waals surface area contributed by atoms with Gasteiger partial charge in [-0.05, 0) is 12.1 Å². The maximum atomic E-state index is 4.81. The van der Waals surface area contributed by atoms with Crippen LogP contribution >= 0.6 is 0 Å². The molecule has 2 heteroatoms. The molecule has 0 aliphatic heterocycles. The number of aromatic nitrogens is 2. The van der Waals surface area contributed by atoms with Gasteiger partial charge in [-0.2, -0.15) is 0 Å². The molecule has 0 aliphatic rings. The first-order chi connectivity index (χ1) is 9.92. The Morgan fingerprint density at radius 3 is 2.20 bits per heavy atom. The van der Waals surface area contributed by atoms with E-state index in [9.17, 15) is 0 Å². The van der Waals surface area contributed by atoms with E-state index in [1.807, 2.05) is 30.5 Å². The number of rotatable bonds is 1. The minimum absolute atomic E-state index is 0.961. The van der Waals surface area contributed by atoms with E-state index in [1.54, 1.807) is 0 Å². The van der Waals surface area contributed by atoms with Gasteiger partial charge in [0.25, 0.3) is 0 Å². The van der Waals surface area contributed by atoms with Gasteiger partial charge in [0, 0.05) is 22.5 Å². The Hall–Kier alpha value is -2.74. The molecule has 4 aromatic rings. The average molecular weight is 256 g/mol. The van der Waals surface area contributed by atoms with Gasteiger partial charge in [0.05, 0.1) is 16.7 Å². The Kier molecular flexibility index (Phi) is 2.46. The van der Waals surface area contributed by atoms with Crippen molar-refractivity contribution in [3.63, 3.8) is 0 Å². The molecule has 0 saturated heterocycles. The molecule has 0 atom stereocenters. The van der Waals surface area contributed by atoms with Crippen molar-refractivity contribution in [2.75, 3.05) is 0 Å². The number of hydrogen-bond donors (Lipinski definition) is 0. The van der Waals surface area contributed by atoms with Crippen LogP contribution in [0.1, 0.15) is 0 Å². The molecule has 0 fully saturated rings. The average Bonchev–Trinajstić information content (AvgIpc) is 2.55. The number of pyridine rings is 2. The molecular weight excluding hydrogens is 244 g/mol. The normalized spacial score (nSPS) is 11.0. The summed E-state index contributed by atoms with van der Waals surface area (Å²) >= 11 is 0. The molecule has 2 heterocycles. The van der Waals surface area contributed by atoms with Crippen LogP contribution in [0.5, 0.6) is 0 Å². The van der Waals surface area contributed by atoms with Gasteiger partial charge >= 0.3 is 0 Å². The highest BCUT2D eigenvalue weighted by Gasteiger charge is 2.05. The topological polar surface area (TPSA) is 25.8 Å². The van der Waals surface area contributed by atoms with Crippen LogP contribution in [-0.4, -0.2) is 9.97 Å². The molecule has 0 aliphatic carbocycles. The van der Waals surface area contributed by atoms with Gasteiger partial charge in [-0.25, -0.2) is 4.98 Å². The second kappa shape index (κ2) is 4.42. The van der Waals surface area contributed by atoms with Gasteiger partial charge in [-0.1, -0.05) is 54.6 Å². The van der Waals surface area contributed by atoms with Crippen molar-refractivity contribution in [1.29, 1.82) is 0 Å². The van der Waals surface area contributed by atoms with Crippen molar-refractivity contribution in [1.82, 2.24) is 9.97 Å². The molecule has 4 rings (SSSR count). The summed E-state index contributed by atoms with van der Waals surface area (Å²) in [6.07, 6.45) is 1.82. The van der Waals surface area contributed by atoms with E-state index in [0.717, 1.165) is 33.1 Å². The lowest BCUT2D eigenvalue weighted by atomic mass is 10.1. The molecule has 0 unspecified atom stereocenters. The SMILES string of the molecule is c1ccc(-c2ccc3ccc4cccnc4c3n2)cc1. The molecule has 94 valence electrons. The van der Waals surface area contributed by atoms with Crippen LogP contribution < -0.4 is 0 Å². The molecule has 0 bridgehead atoms. The van der Waals surface area contributed by atoms with Gasteiger partial charge < -0.3 is 0 Å². The zero-order chi connectivity index (χ0) is 13.4. The van der Waals surface area contributed by atoms with Crippen molar-refractivity contribution in [2.24, 2.45) is 0 Å². The Labute approximate surface area is 116 Å². The Morgan fingerprint density at radius 1 is 0.600 bits per heavy atom. The summed E-state index contributed by atoms with van der Waals surface area (Å²) in [5.74, 6) is 0. The van der Waals surface area contributed by atoms with E-state index in [2.05, 4.69) is 47.4 Å². The van der Waals surface area contributed by atoms with Gasteiger partial charge in [0.15, 0.2) is 0 Å². The zero-order valence-electron chi connectivity index (χ0n) is 10.8. The van der Waals surface area contributed by atoms with Gasteiger partial charge in [-0.3, -0.25) is 4.98 Å². The number of benzene rings is 2. The van der Waals surface area contributed by atoms with Crippen molar-refractivity contribution >= 4 is 21.8 Å². The second-order valence-corrected chi connectivity index (χ2v) is 4.77. The Balaban J connectivity index is 2.05. The highest BCUT2D eigenvalue weighted by molar-refractivity contribution is 6.03. The second-order valence-electron chi connectivity index (χ2n) is 4.77. The molecule has 2 aromatic heterocycles. The summed E-state index contributed by atoms with van der Waals surface area (Å²) in [7, 11) is 0. The van der Waals surface area contributed by atoms with E-state index in [1.165, 1.54) is 0 Å². The Morgan fingerprint density at radius 2 is 1.35 bits per heavy atom. The van der Waals surface area contributed by atoms with Crippen molar-refractivity contribution < 1.29 is 0 Å². The highest BCUT2D eigenvalue weighted by Crippen LogP contribution is 2.25. The zero-order valence-corrected chi connectivity index (χ0v) is 10.8. The third-order valence-electron chi connectivity index (χ3n) is 3.50. The van der Waals surface area contributed by atoms with Crippen molar-refractivity contribution in [3.05, 3.63) is 72.9 Å². The predicted octanol–water partition coefficient (Wildman–Crippen LogP) is 4.45.